The van der Waals surface area contributed by atoms with Crippen LogP contribution in [0.25, 0.3) is 0 Å². The Morgan fingerprint density at radius 3 is 2.50 bits per heavy atom. The Bertz CT molecular complexity index is 694. The fourth-order valence-corrected chi connectivity index (χ4v) is 3.26. The second kappa shape index (κ2) is 7.58. The number of Topliss-reactive ketones (excluding diaryl/α,β-unsaturated/α-hetero) is 1. The van der Waals surface area contributed by atoms with Crippen LogP contribution in [0.4, 0.5) is 4.39 Å². The highest BCUT2D eigenvalue weighted by Crippen LogP contribution is 2.24. The molecule has 0 aromatic heterocycles. The fraction of sp³-hybridized carbons (Fsp3) is 0.350. The molecule has 2 aromatic carbocycles. The lowest BCUT2D eigenvalue weighted by atomic mass is 9.89. The molecule has 0 N–H and O–H groups in total. The number of likely N-dealkylation sites (tertiary alicyclic amines) is 1. The van der Waals surface area contributed by atoms with Crippen LogP contribution in [0.2, 0.25) is 0 Å². The van der Waals surface area contributed by atoms with Crippen LogP contribution in [0.3, 0.4) is 0 Å². The number of methoxy groups -OCH3 is 1. The van der Waals surface area contributed by atoms with Gasteiger partial charge in [0.1, 0.15) is 0 Å². The number of ether oxygens (including phenoxy) is 1. The maximum absolute atomic E-state index is 13.8. The van der Waals surface area contributed by atoms with E-state index in [-0.39, 0.29) is 23.3 Å². The molecule has 0 bridgehead atoms. The third kappa shape index (κ3) is 3.82. The number of hydrogen-bond donors (Lipinski definition) is 0. The third-order valence-corrected chi connectivity index (χ3v) is 4.64. The van der Waals surface area contributed by atoms with Crippen LogP contribution in [0.15, 0.2) is 48.5 Å². The third-order valence-electron chi connectivity index (χ3n) is 4.64. The summed E-state index contributed by atoms with van der Waals surface area (Å²) in [5, 5.41) is 0. The van der Waals surface area contributed by atoms with Gasteiger partial charge in [-0.3, -0.25) is 9.69 Å². The minimum absolute atomic E-state index is 0.0938. The van der Waals surface area contributed by atoms with Crippen molar-refractivity contribution in [1.29, 1.82) is 0 Å². The number of benzene rings is 2. The predicted molar refractivity (Wildman–Crippen MR) is 91.7 cm³/mol. The van der Waals surface area contributed by atoms with Crippen LogP contribution < -0.4 is 4.74 Å². The molecule has 1 aliphatic rings. The zero-order valence-corrected chi connectivity index (χ0v) is 13.9. The smallest absolute Gasteiger partial charge is 0.166 e. The lowest BCUT2D eigenvalue weighted by Gasteiger charge is -2.31. The van der Waals surface area contributed by atoms with Gasteiger partial charge in [-0.2, -0.15) is 0 Å². The summed E-state index contributed by atoms with van der Waals surface area (Å²) in [7, 11) is 1.46. The Morgan fingerprint density at radius 2 is 1.88 bits per heavy atom. The molecule has 24 heavy (non-hydrogen) atoms. The number of halogens is 1. The summed E-state index contributed by atoms with van der Waals surface area (Å²) in [4.78, 5) is 14.8. The summed E-state index contributed by atoms with van der Waals surface area (Å²) < 4.78 is 18.7. The van der Waals surface area contributed by atoms with Crippen molar-refractivity contribution >= 4 is 5.78 Å². The normalized spacial score (nSPS) is 16.1. The summed E-state index contributed by atoms with van der Waals surface area (Å²) in [6.45, 7) is 2.42. The van der Waals surface area contributed by atoms with Crippen molar-refractivity contribution in [3.63, 3.8) is 0 Å². The number of hydrogen-bond acceptors (Lipinski definition) is 3. The number of nitrogens with zero attached hydrogens (tertiary/aromatic N) is 1. The average Bonchev–Trinajstić information content (AvgIpc) is 2.63. The van der Waals surface area contributed by atoms with Crippen LogP contribution >= 0.6 is 0 Å². The van der Waals surface area contributed by atoms with E-state index < -0.39 is 0 Å². The van der Waals surface area contributed by atoms with Crippen LogP contribution in [0, 0.1) is 11.7 Å². The fourth-order valence-electron chi connectivity index (χ4n) is 3.26. The molecule has 0 amide bonds. The average molecular weight is 327 g/mol. The summed E-state index contributed by atoms with van der Waals surface area (Å²) in [5.74, 6) is 0.275. The van der Waals surface area contributed by atoms with E-state index >= 15 is 0 Å². The quantitative estimate of drug-likeness (QED) is 0.779. The van der Waals surface area contributed by atoms with Gasteiger partial charge in [-0.05, 0) is 43.6 Å². The van der Waals surface area contributed by atoms with Crippen LogP contribution in [-0.4, -0.2) is 30.9 Å². The van der Waals surface area contributed by atoms with Crippen LogP contribution in [-0.2, 0) is 6.54 Å². The second-order valence-electron chi connectivity index (χ2n) is 6.25. The molecular weight excluding hydrogens is 305 g/mol. The van der Waals surface area contributed by atoms with Gasteiger partial charge in [0.25, 0.3) is 0 Å². The zero-order valence-electron chi connectivity index (χ0n) is 13.9. The van der Waals surface area contributed by atoms with E-state index in [1.54, 1.807) is 6.07 Å². The number of rotatable bonds is 5. The van der Waals surface area contributed by atoms with Crippen LogP contribution in [0.5, 0.6) is 5.75 Å². The molecule has 2 aromatic rings. The number of piperidine rings is 1. The van der Waals surface area contributed by atoms with Gasteiger partial charge in [0.15, 0.2) is 17.3 Å². The number of ketones is 1. The topological polar surface area (TPSA) is 29.5 Å². The summed E-state index contributed by atoms with van der Waals surface area (Å²) in [5.41, 5.74) is 1.73. The van der Waals surface area contributed by atoms with Crippen molar-refractivity contribution in [3.05, 3.63) is 65.5 Å². The number of carbonyl (C=O) groups excluding carboxylic acids is 1. The molecule has 0 saturated carbocycles. The van der Waals surface area contributed by atoms with E-state index in [9.17, 15) is 9.18 Å². The van der Waals surface area contributed by atoms with Gasteiger partial charge in [0, 0.05) is 18.0 Å². The number of carbonyl (C=O) groups is 1. The van der Waals surface area contributed by atoms with E-state index in [4.69, 9.17) is 4.74 Å². The van der Waals surface area contributed by atoms with Crippen molar-refractivity contribution in [1.82, 2.24) is 4.90 Å². The second-order valence-corrected chi connectivity index (χ2v) is 6.25. The standard InChI is InChI=1S/C20H22FNO2/c1-24-19-8-7-15(13-18(19)21)14-22-11-9-17(10-12-22)20(23)16-5-3-2-4-6-16/h2-8,13,17H,9-12,14H2,1H3. The van der Waals surface area contributed by atoms with Crippen molar-refractivity contribution < 1.29 is 13.9 Å². The highest BCUT2D eigenvalue weighted by Gasteiger charge is 2.25. The summed E-state index contributed by atoms with van der Waals surface area (Å²) in [6, 6.07) is 14.6. The van der Waals surface area contributed by atoms with Gasteiger partial charge < -0.3 is 4.74 Å². The van der Waals surface area contributed by atoms with Crippen molar-refractivity contribution in [2.75, 3.05) is 20.2 Å². The Balaban J connectivity index is 1.55. The zero-order chi connectivity index (χ0) is 16.9. The molecule has 3 nitrogen and oxygen atoms in total. The van der Waals surface area contributed by atoms with E-state index in [1.165, 1.54) is 13.2 Å². The Kier molecular flexibility index (Phi) is 5.26. The Hall–Kier alpha value is -2.20. The first-order valence-corrected chi connectivity index (χ1v) is 8.31. The van der Waals surface area contributed by atoms with Gasteiger partial charge in [0.05, 0.1) is 7.11 Å². The highest BCUT2D eigenvalue weighted by molar-refractivity contribution is 5.97. The first-order chi connectivity index (χ1) is 11.7. The molecule has 0 atom stereocenters. The van der Waals surface area contributed by atoms with Crippen molar-refractivity contribution in [2.45, 2.75) is 19.4 Å². The monoisotopic (exact) mass is 327 g/mol. The SMILES string of the molecule is COc1ccc(CN2CCC(C(=O)c3ccccc3)CC2)cc1F. The van der Waals surface area contributed by atoms with E-state index in [2.05, 4.69) is 4.90 Å². The molecule has 0 radical (unpaired) electrons. The van der Waals surface area contributed by atoms with Crippen molar-refractivity contribution in [2.24, 2.45) is 5.92 Å². The van der Waals surface area contributed by atoms with Crippen molar-refractivity contribution in [3.8, 4) is 5.75 Å². The van der Waals surface area contributed by atoms with Gasteiger partial charge in [-0.15, -0.1) is 0 Å². The lowest BCUT2D eigenvalue weighted by Crippen LogP contribution is -2.36. The first kappa shape index (κ1) is 16.7. The molecule has 1 saturated heterocycles. The van der Waals surface area contributed by atoms with E-state index in [0.29, 0.717) is 6.54 Å². The van der Waals surface area contributed by atoms with Gasteiger partial charge in [-0.25, -0.2) is 4.39 Å². The summed E-state index contributed by atoms with van der Waals surface area (Å²) >= 11 is 0. The molecule has 1 aliphatic heterocycles. The first-order valence-electron chi connectivity index (χ1n) is 8.31. The highest BCUT2D eigenvalue weighted by atomic mass is 19.1. The van der Waals surface area contributed by atoms with Gasteiger partial charge in [-0.1, -0.05) is 36.4 Å². The van der Waals surface area contributed by atoms with E-state index in [0.717, 1.165) is 37.1 Å². The Morgan fingerprint density at radius 1 is 1.17 bits per heavy atom. The molecule has 126 valence electrons. The molecule has 0 aliphatic carbocycles. The maximum atomic E-state index is 13.8. The van der Waals surface area contributed by atoms with Gasteiger partial charge in [0.2, 0.25) is 0 Å². The maximum Gasteiger partial charge on any atom is 0.166 e. The van der Waals surface area contributed by atoms with E-state index in [1.807, 2.05) is 36.4 Å². The molecule has 0 unspecified atom stereocenters. The molecule has 0 spiro atoms. The minimum Gasteiger partial charge on any atom is -0.494 e. The molecular formula is C20H22FNO2. The Labute approximate surface area is 142 Å². The minimum atomic E-state index is -0.329. The molecule has 4 heteroatoms. The summed E-state index contributed by atoms with van der Waals surface area (Å²) in [6.07, 6.45) is 1.71. The van der Waals surface area contributed by atoms with Gasteiger partial charge >= 0.3 is 0 Å². The predicted octanol–water partition coefficient (Wildman–Crippen LogP) is 3.93. The molecule has 3 rings (SSSR count). The lowest BCUT2D eigenvalue weighted by molar-refractivity contribution is 0.0835. The van der Waals surface area contributed by atoms with Crippen LogP contribution in [0.1, 0.15) is 28.8 Å². The molecule has 1 fully saturated rings. The largest absolute Gasteiger partial charge is 0.494 e. The molecule has 1 heterocycles.